The van der Waals surface area contributed by atoms with Gasteiger partial charge in [-0.1, -0.05) is 26.0 Å². The van der Waals surface area contributed by atoms with Gasteiger partial charge >= 0.3 is 6.18 Å². The molecule has 4 N–H and O–H groups in total. The van der Waals surface area contributed by atoms with E-state index >= 15 is 0 Å². The van der Waals surface area contributed by atoms with Crippen molar-refractivity contribution in [3.05, 3.63) is 58.1 Å². The number of aliphatic imine (C=N–C) groups is 1. The van der Waals surface area contributed by atoms with Crippen LogP contribution in [0.2, 0.25) is 0 Å². The zero-order valence-electron chi connectivity index (χ0n) is 14.6. The molecular weight excluding hydrogens is 345 g/mol. The van der Waals surface area contributed by atoms with Crippen LogP contribution >= 0.6 is 0 Å². The Balaban J connectivity index is 2.72. The van der Waals surface area contributed by atoms with Gasteiger partial charge in [-0.25, -0.2) is 0 Å². The summed E-state index contributed by atoms with van der Waals surface area (Å²) in [5.41, 5.74) is 12.7. The normalized spacial score (nSPS) is 21.6. The molecule has 0 saturated carbocycles. The number of nitrogens with zero attached hydrogens (tertiary/aromatic N) is 2. The van der Waals surface area contributed by atoms with Crippen LogP contribution in [0, 0.1) is 17.2 Å². The van der Waals surface area contributed by atoms with Crippen LogP contribution in [-0.2, 0) is 10.9 Å². The van der Waals surface area contributed by atoms with Crippen LogP contribution in [0.15, 0.2) is 52.0 Å². The third-order valence-electron chi connectivity index (χ3n) is 4.11. The number of allylic oxidation sites excluding steroid dienone is 2. The standard InChI is InChI=1S/C18H19F3N4O/c1-9(2)15(23)14-13(12(8-22)16(24)26-17(14)25-3)10-4-6-11(7-5-10)18(19,20)21/h4-7,9,13H,23-24H2,1-3H3. The average Bonchev–Trinajstić information content (AvgIpc) is 2.59. The number of nitriles is 1. The molecule has 0 radical (unpaired) electrons. The predicted molar refractivity (Wildman–Crippen MR) is 91.5 cm³/mol. The van der Waals surface area contributed by atoms with Crippen molar-refractivity contribution in [2.45, 2.75) is 25.9 Å². The van der Waals surface area contributed by atoms with E-state index in [1.165, 1.54) is 19.2 Å². The van der Waals surface area contributed by atoms with Crippen molar-refractivity contribution < 1.29 is 17.9 Å². The van der Waals surface area contributed by atoms with Crippen molar-refractivity contribution >= 4 is 5.90 Å². The fraction of sp³-hybridized carbons (Fsp3) is 0.333. The molecule has 138 valence electrons. The Morgan fingerprint density at radius 1 is 1.27 bits per heavy atom. The zero-order valence-corrected chi connectivity index (χ0v) is 14.6. The molecule has 0 bridgehead atoms. The van der Waals surface area contributed by atoms with Crippen LogP contribution in [0.4, 0.5) is 13.2 Å². The molecular formula is C18H19F3N4O. The molecule has 0 spiro atoms. The molecule has 0 aliphatic carbocycles. The van der Waals surface area contributed by atoms with E-state index in [1.807, 2.05) is 19.9 Å². The van der Waals surface area contributed by atoms with Gasteiger partial charge in [-0.15, -0.1) is 0 Å². The smallest absolute Gasteiger partial charge is 0.416 e. The second-order valence-corrected chi connectivity index (χ2v) is 6.10. The number of ether oxygens (including phenoxy) is 1. The summed E-state index contributed by atoms with van der Waals surface area (Å²) in [4.78, 5) is 4.04. The molecule has 0 fully saturated rings. The van der Waals surface area contributed by atoms with Crippen LogP contribution in [0.25, 0.3) is 0 Å². The number of halogens is 3. The third-order valence-corrected chi connectivity index (χ3v) is 4.11. The van der Waals surface area contributed by atoms with Crippen molar-refractivity contribution in [3.8, 4) is 6.07 Å². The van der Waals surface area contributed by atoms with Crippen LogP contribution in [0.5, 0.6) is 0 Å². The van der Waals surface area contributed by atoms with Gasteiger partial charge in [0.1, 0.15) is 11.6 Å². The summed E-state index contributed by atoms with van der Waals surface area (Å²) in [6, 6.07) is 6.52. The highest BCUT2D eigenvalue weighted by Gasteiger charge is 2.37. The van der Waals surface area contributed by atoms with E-state index in [2.05, 4.69) is 4.99 Å². The molecule has 1 heterocycles. The summed E-state index contributed by atoms with van der Waals surface area (Å²) < 4.78 is 44.0. The van der Waals surface area contributed by atoms with E-state index in [1.54, 1.807) is 0 Å². The van der Waals surface area contributed by atoms with E-state index in [4.69, 9.17) is 16.2 Å². The van der Waals surface area contributed by atoms with Gasteiger partial charge in [0.2, 0.25) is 11.8 Å². The zero-order chi connectivity index (χ0) is 19.6. The quantitative estimate of drug-likeness (QED) is 0.840. The lowest BCUT2D eigenvalue weighted by molar-refractivity contribution is -0.137. The number of hydrogen-bond donors (Lipinski definition) is 2. The fourth-order valence-electron chi connectivity index (χ4n) is 2.71. The lowest BCUT2D eigenvalue weighted by atomic mass is 9.80. The molecule has 1 unspecified atom stereocenters. The Morgan fingerprint density at radius 2 is 1.85 bits per heavy atom. The molecule has 1 atom stereocenters. The molecule has 1 aliphatic heterocycles. The highest BCUT2D eigenvalue weighted by molar-refractivity contribution is 5.98. The van der Waals surface area contributed by atoms with Crippen LogP contribution < -0.4 is 11.5 Å². The van der Waals surface area contributed by atoms with Gasteiger partial charge in [0.25, 0.3) is 0 Å². The van der Waals surface area contributed by atoms with E-state index in [-0.39, 0.29) is 23.3 Å². The highest BCUT2D eigenvalue weighted by atomic mass is 19.4. The summed E-state index contributed by atoms with van der Waals surface area (Å²) in [5, 5.41) is 9.52. The van der Waals surface area contributed by atoms with Gasteiger partial charge in [-0.3, -0.25) is 4.99 Å². The SMILES string of the molecule is CN=C1OC(N)=C(C#N)C(c2ccc(C(F)(F)F)cc2)C1=C(N)C(C)C. The maximum absolute atomic E-state index is 12.8. The Hall–Kier alpha value is -2.95. The first-order valence-corrected chi connectivity index (χ1v) is 7.83. The first-order chi connectivity index (χ1) is 12.1. The molecule has 2 rings (SSSR count). The summed E-state index contributed by atoms with van der Waals surface area (Å²) >= 11 is 0. The molecule has 5 nitrogen and oxygen atoms in total. The summed E-state index contributed by atoms with van der Waals surface area (Å²) in [5.74, 6) is -0.838. The van der Waals surface area contributed by atoms with Crippen LogP contribution in [0.1, 0.15) is 30.9 Å². The van der Waals surface area contributed by atoms with Crippen molar-refractivity contribution in [2.24, 2.45) is 22.4 Å². The monoisotopic (exact) mass is 364 g/mol. The second kappa shape index (κ2) is 7.12. The molecule has 1 aliphatic rings. The minimum absolute atomic E-state index is 0.0794. The maximum Gasteiger partial charge on any atom is 0.416 e. The summed E-state index contributed by atoms with van der Waals surface area (Å²) in [6.07, 6.45) is -4.45. The highest BCUT2D eigenvalue weighted by Crippen LogP contribution is 2.40. The van der Waals surface area contributed by atoms with Gasteiger partial charge in [-0.2, -0.15) is 18.4 Å². The van der Waals surface area contributed by atoms with E-state index in [0.717, 1.165) is 12.1 Å². The van der Waals surface area contributed by atoms with Crippen molar-refractivity contribution in [2.75, 3.05) is 7.05 Å². The lowest BCUT2D eigenvalue weighted by Crippen LogP contribution is -2.30. The Labute approximate surface area is 149 Å². The second-order valence-electron chi connectivity index (χ2n) is 6.10. The Bertz CT molecular complexity index is 827. The van der Waals surface area contributed by atoms with Gasteiger partial charge in [0.15, 0.2) is 0 Å². The van der Waals surface area contributed by atoms with Gasteiger partial charge in [0, 0.05) is 18.3 Å². The predicted octanol–water partition coefficient (Wildman–Crippen LogP) is 3.41. The number of benzene rings is 1. The van der Waals surface area contributed by atoms with Crippen LogP contribution in [-0.4, -0.2) is 12.9 Å². The van der Waals surface area contributed by atoms with Gasteiger partial charge in [-0.05, 0) is 23.6 Å². The average molecular weight is 364 g/mol. The van der Waals surface area contributed by atoms with E-state index in [9.17, 15) is 18.4 Å². The molecule has 0 amide bonds. The molecule has 8 heteroatoms. The topological polar surface area (TPSA) is 97.4 Å². The minimum Gasteiger partial charge on any atom is -0.422 e. The number of hydrogen-bond acceptors (Lipinski definition) is 5. The molecule has 1 aromatic carbocycles. The third kappa shape index (κ3) is 3.52. The molecule has 0 aromatic heterocycles. The summed E-state index contributed by atoms with van der Waals surface area (Å²) in [7, 11) is 1.48. The Morgan fingerprint density at radius 3 is 2.27 bits per heavy atom. The lowest BCUT2D eigenvalue weighted by Gasteiger charge is -2.30. The molecule has 26 heavy (non-hydrogen) atoms. The van der Waals surface area contributed by atoms with E-state index < -0.39 is 17.7 Å². The van der Waals surface area contributed by atoms with E-state index in [0.29, 0.717) is 16.8 Å². The largest absolute Gasteiger partial charge is 0.422 e. The number of alkyl halides is 3. The molecule has 1 aromatic rings. The summed E-state index contributed by atoms with van der Waals surface area (Å²) in [6.45, 7) is 3.71. The minimum atomic E-state index is -4.45. The van der Waals surface area contributed by atoms with Crippen molar-refractivity contribution in [3.63, 3.8) is 0 Å². The first kappa shape index (κ1) is 19.4. The van der Waals surface area contributed by atoms with Crippen LogP contribution in [0.3, 0.4) is 0 Å². The number of nitrogens with two attached hydrogens (primary N) is 2. The first-order valence-electron chi connectivity index (χ1n) is 7.83. The van der Waals surface area contributed by atoms with Crippen molar-refractivity contribution in [1.29, 1.82) is 5.26 Å². The molecule has 0 saturated heterocycles. The maximum atomic E-state index is 12.8. The number of rotatable bonds is 2. The van der Waals surface area contributed by atoms with Gasteiger partial charge < -0.3 is 16.2 Å². The fourth-order valence-corrected chi connectivity index (χ4v) is 2.71. The van der Waals surface area contributed by atoms with Crippen molar-refractivity contribution in [1.82, 2.24) is 0 Å². The van der Waals surface area contributed by atoms with Gasteiger partial charge in [0.05, 0.1) is 11.5 Å². The Kier molecular flexibility index (Phi) is 5.30.